The number of benzene rings is 3. The van der Waals surface area contributed by atoms with Gasteiger partial charge in [-0.1, -0.05) is 72.8 Å². The summed E-state index contributed by atoms with van der Waals surface area (Å²) in [6.45, 7) is 0.926. The van der Waals surface area contributed by atoms with Crippen molar-refractivity contribution in [1.29, 1.82) is 0 Å². The first-order valence-electron chi connectivity index (χ1n) is 9.90. The number of hydrogen-bond donors (Lipinski definition) is 1. The molecule has 0 spiro atoms. The summed E-state index contributed by atoms with van der Waals surface area (Å²) in [4.78, 5) is 12.2. The molecule has 0 fully saturated rings. The molecule has 150 valence electrons. The smallest absolute Gasteiger partial charge is 0.223 e. The molecule has 0 aliphatic rings. The van der Waals surface area contributed by atoms with Gasteiger partial charge in [0, 0.05) is 12.5 Å². The van der Waals surface area contributed by atoms with Gasteiger partial charge in [0.15, 0.2) is 11.5 Å². The third kappa shape index (κ3) is 6.11. The number of methoxy groups -OCH3 is 1. The Morgan fingerprint density at radius 2 is 1.38 bits per heavy atom. The summed E-state index contributed by atoms with van der Waals surface area (Å²) in [5.41, 5.74) is 2.51. The summed E-state index contributed by atoms with van der Waals surface area (Å²) in [5.74, 6) is 1.56. The molecular formula is C25H27NO3. The zero-order chi connectivity index (χ0) is 20.3. The largest absolute Gasteiger partial charge is 0.493 e. The third-order valence-electron chi connectivity index (χ3n) is 4.81. The van der Waals surface area contributed by atoms with Crippen molar-refractivity contribution < 1.29 is 14.3 Å². The summed E-state index contributed by atoms with van der Waals surface area (Å²) in [5, 5.41) is 3.02. The van der Waals surface area contributed by atoms with Crippen LogP contribution in [0.5, 0.6) is 11.5 Å². The molecule has 1 N–H and O–H groups in total. The number of carbonyl (C=O) groups excluding carboxylic acids is 1. The van der Waals surface area contributed by atoms with Crippen LogP contribution < -0.4 is 14.8 Å². The first-order chi connectivity index (χ1) is 14.3. The van der Waals surface area contributed by atoms with Crippen LogP contribution in [0, 0.1) is 0 Å². The molecule has 3 aromatic carbocycles. The Hall–Kier alpha value is -3.27. The highest BCUT2D eigenvalue weighted by Gasteiger charge is 2.14. The molecule has 29 heavy (non-hydrogen) atoms. The second-order valence-electron chi connectivity index (χ2n) is 6.76. The average molecular weight is 389 g/mol. The van der Waals surface area contributed by atoms with Gasteiger partial charge in [-0.3, -0.25) is 4.79 Å². The number of amides is 1. The van der Waals surface area contributed by atoms with Gasteiger partial charge in [-0.05, 0) is 29.7 Å². The number of rotatable bonds is 10. The van der Waals surface area contributed by atoms with Crippen molar-refractivity contribution in [3.63, 3.8) is 0 Å². The van der Waals surface area contributed by atoms with Gasteiger partial charge in [0.25, 0.3) is 0 Å². The SMILES string of the molecule is COc1ccccc1OCCC(=O)NCCC(c1ccccc1)c1ccccc1. The van der Waals surface area contributed by atoms with Crippen LogP contribution in [-0.4, -0.2) is 26.2 Å². The maximum absolute atomic E-state index is 12.2. The van der Waals surface area contributed by atoms with Crippen LogP contribution >= 0.6 is 0 Å². The van der Waals surface area contributed by atoms with Gasteiger partial charge in [-0.15, -0.1) is 0 Å². The number of hydrogen-bond acceptors (Lipinski definition) is 3. The minimum atomic E-state index is -0.0141. The lowest BCUT2D eigenvalue weighted by Crippen LogP contribution is -2.27. The highest BCUT2D eigenvalue weighted by atomic mass is 16.5. The summed E-state index contributed by atoms with van der Waals surface area (Å²) < 4.78 is 10.9. The molecule has 0 aliphatic heterocycles. The van der Waals surface area contributed by atoms with Crippen molar-refractivity contribution in [3.8, 4) is 11.5 Å². The molecule has 4 nitrogen and oxygen atoms in total. The van der Waals surface area contributed by atoms with E-state index in [1.807, 2.05) is 36.4 Å². The normalized spacial score (nSPS) is 10.6. The maximum Gasteiger partial charge on any atom is 0.223 e. The molecule has 3 rings (SSSR count). The van der Waals surface area contributed by atoms with Crippen molar-refractivity contribution in [2.45, 2.75) is 18.8 Å². The Morgan fingerprint density at radius 3 is 1.97 bits per heavy atom. The van der Waals surface area contributed by atoms with E-state index in [0.29, 0.717) is 31.1 Å². The Morgan fingerprint density at radius 1 is 0.828 bits per heavy atom. The van der Waals surface area contributed by atoms with E-state index >= 15 is 0 Å². The molecule has 0 unspecified atom stereocenters. The maximum atomic E-state index is 12.2. The van der Waals surface area contributed by atoms with Gasteiger partial charge in [0.2, 0.25) is 5.91 Å². The molecule has 1 amide bonds. The van der Waals surface area contributed by atoms with Crippen molar-refractivity contribution in [2.24, 2.45) is 0 Å². The molecule has 0 aromatic heterocycles. The standard InChI is InChI=1S/C25H27NO3/c1-28-23-14-8-9-15-24(23)29-19-17-25(27)26-18-16-22(20-10-4-2-5-11-20)21-12-6-3-7-13-21/h2-15,22H,16-19H2,1H3,(H,26,27). The van der Waals surface area contributed by atoms with Crippen LogP contribution in [0.1, 0.15) is 29.9 Å². The highest BCUT2D eigenvalue weighted by molar-refractivity contribution is 5.76. The van der Waals surface area contributed by atoms with E-state index in [1.165, 1.54) is 11.1 Å². The number of carbonyl (C=O) groups is 1. The summed E-state index contributed by atoms with van der Waals surface area (Å²) in [6, 6.07) is 28.3. The van der Waals surface area contributed by atoms with Crippen LogP contribution in [0.25, 0.3) is 0 Å². The van der Waals surface area contributed by atoms with E-state index in [9.17, 15) is 4.79 Å². The monoisotopic (exact) mass is 389 g/mol. The van der Waals surface area contributed by atoms with Crippen molar-refractivity contribution in [2.75, 3.05) is 20.3 Å². The second kappa shape index (κ2) is 10.9. The summed E-state index contributed by atoms with van der Waals surface area (Å²) in [7, 11) is 1.60. The molecule has 0 saturated carbocycles. The van der Waals surface area contributed by atoms with Crippen LogP contribution in [-0.2, 0) is 4.79 Å². The average Bonchev–Trinajstić information content (AvgIpc) is 2.78. The minimum absolute atomic E-state index is 0.0141. The topological polar surface area (TPSA) is 47.6 Å². The quantitative estimate of drug-likeness (QED) is 0.542. The molecule has 4 heteroatoms. The highest BCUT2D eigenvalue weighted by Crippen LogP contribution is 2.27. The molecular weight excluding hydrogens is 362 g/mol. The summed E-state index contributed by atoms with van der Waals surface area (Å²) >= 11 is 0. The van der Waals surface area contributed by atoms with E-state index < -0.39 is 0 Å². The Kier molecular flexibility index (Phi) is 7.70. The summed E-state index contributed by atoms with van der Waals surface area (Å²) in [6.07, 6.45) is 1.15. The fourth-order valence-corrected chi connectivity index (χ4v) is 3.33. The Balaban J connectivity index is 1.48. The molecule has 3 aromatic rings. The van der Waals surface area contributed by atoms with Crippen LogP contribution in [0.3, 0.4) is 0 Å². The van der Waals surface area contributed by atoms with Gasteiger partial charge in [0.05, 0.1) is 20.1 Å². The van der Waals surface area contributed by atoms with E-state index in [1.54, 1.807) is 7.11 Å². The predicted octanol–water partition coefficient (Wildman–Crippen LogP) is 4.80. The molecule has 0 aliphatic carbocycles. The first-order valence-corrected chi connectivity index (χ1v) is 9.90. The van der Waals surface area contributed by atoms with Gasteiger partial charge < -0.3 is 14.8 Å². The lowest BCUT2D eigenvalue weighted by Gasteiger charge is -2.18. The van der Waals surface area contributed by atoms with E-state index in [4.69, 9.17) is 9.47 Å². The Bertz CT molecular complexity index is 841. The van der Waals surface area contributed by atoms with Gasteiger partial charge in [-0.25, -0.2) is 0 Å². The molecule has 0 saturated heterocycles. The third-order valence-corrected chi connectivity index (χ3v) is 4.81. The van der Waals surface area contributed by atoms with Crippen LogP contribution in [0.2, 0.25) is 0 Å². The molecule has 0 atom stereocenters. The van der Waals surface area contributed by atoms with Gasteiger partial charge in [-0.2, -0.15) is 0 Å². The second-order valence-corrected chi connectivity index (χ2v) is 6.76. The van der Waals surface area contributed by atoms with Crippen molar-refractivity contribution in [3.05, 3.63) is 96.1 Å². The zero-order valence-corrected chi connectivity index (χ0v) is 16.7. The first kappa shape index (κ1) is 20.5. The van der Waals surface area contributed by atoms with E-state index in [0.717, 1.165) is 6.42 Å². The van der Waals surface area contributed by atoms with Gasteiger partial charge in [0.1, 0.15) is 0 Å². The fourth-order valence-electron chi connectivity index (χ4n) is 3.33. The zero-order valence-electron chi connectivity index (χ0n) is 16.7. The van der Waals surface area contributed by atoms with Crippen molar-refractivity contribution in [1.82, 2.24) is 5.32 Å². The number of ether oxygens (including phenoxy) is 2. The van der Waals surface area contributed by atoms with E-state index in [-0.39, 0.29) is 11.8 Å². The van der Waals surface area contributed by atoms with E-state index in [2.05, 4.69) is 53.8 Å². The lowest BCUT2D eigenvalue weighted by molar-refractivity contribution is -0.121. The number of nitrogens with one attached hydrogen (secondary N) is 1. The predicted molar refractivity (Wildman–Crippen MR) is 115 cm³/mol. The minimum Gasteiger partial charge on any atom is -0.493 e. The molecule has 0 radical (unpaired) electrons. The van der Waals surface area contributed by atoms with Crippen LogP contribution in [0.15, 0.2) is 84.9 Å². The number of para-hydroxylation sites is 2. The lowest BCUT2D eigenvalue weighted by atomic mass is 9.88. The molecule has 0 heterocycles. The van der Waals surface area contributed by atoms with Crippen molar-refractivity contribution >= 4 is 5.91 Å². The molecule has 0 bridgehead atoms. The fraction of sp³-hybridized carbons (Fsp3) is 0.240. The van der Waals surface area contributed by atoms with Gasteiger partial charge >= 0.3 is 0 Å². The Labute approximate surface area is 172 Å². The van der Waals surface area contributed by atoms with Crippen LogP contribution in [0.4, 0.5) is 0 Å².